The lowest BCUT2D eigenvalue weighted by Gasteiger charge is -2.31. The summed E-state index contributed by atoms with van der Waals surface area (Å²) in [5.74, 6) is 9.65. The lowest BCUT2D eigenvalue weighted by molar-refractivity contribution is 0.0208. The molecule has 2 unspecified atom stereocenters. The van der Waals surface area contributed by atoms with Crippen molar-refractivity contribution in [3.05, 3.63) is 70.6 Å². The Bertz CT molecular complexity index is 2070. The molecule has 4 aliphatic rings. The molecule has 2 saturated heterocycles. The van der Waals surface area contributed by atoms with E-state index in [1.807, 2.05) is 46.4 Å². The molecule has 2 aliphatic carbocycles. The van der Waals surface area contributed by atoms with Crippen molar-refractivity contribution >= 4 is 23.2 Å². The summed E-state index contributed by atoms with van der Waals surface area (Å²) in [5.41, 5.74) is 7.83. The molecule has 0 radical (unpaired) electrons. The molecular weight excluding hydrogens is 640 g/mol. The number of ether oxygens (including phenoxy) is 2. The van der Waals surface area contributed by atoms with Gasteiger partial charge in [0.1, 0.15) is 28.5 Å². The number of H-pyrrole nitrogens is 2. The second kappa shape index (κ2) is 12.5. The maximum atomic E-state index is 13.0. The SMILES string of the molecule is CC(C)(C)OC(=O)N1CCC[C@H]1c1ncc(C#Cc2ccc(-c3ccc4nc([C@@H]5CCCN5C(=O)OC(C)(C)C)[nH]c4c3)c3c2C2CCC2C3)[nH]1. The molecule has 10 heteroatoms. The molecule has 0 spiro atoms. The van der Waals surface area contributed by atoms with Crippen molar-refractivity contribution in [3.8, 4) is 23.0 Å². The predicted molar refractivity (Wildman–Crippen MR) is 195 cm³/mol. The Labute approximate surface area is 299 Å². The second-order valence-electron chi connectivity index (χ2n) is 16.7. The fourth-order valence-corrected chi connectivity index (χ4v) is 8.38. The van der Waals surface area contributed by atoms with Crippen molar-refractivity contribution in [3.63, 3.8) is 0 Å². The average Bonchev–Trinajstić information content (AvgIpc) is 3.87. The molecule has 4 heterocycles. The minimum atomic E-state index is -0.545. The first-order chi connectivity index (χ1) is 24.3. The van der Waals surface area contributed by atoms with Crippen molar-refractivity contribution in [1.82, 2.24) is 29.7 Å². The van der Waals surface area contributed by atoms with E-state index in [2.05, 4.69) is 57.1 Å². The predicted octanol–water partition coefficient (Wildman–Crippen LogP) is 8.55. The number of nitrogens with zero attached hydrogens (tertiary/aromatic N) is 4. The number of rotatable bonds is 3. The first kappa shape index (κ1) is 33.4. The number of benzene rings is 2. The van der Waals surface area contributed by atoms with Crippen LogP contribution in [0.1, 0.15) is 132 Å². The van der Waals surface area contributed by atoms with Crippen LogP contribution in [0.4, 0.5) is 9.59 Å². The molecule has 0 bridgehead atoms. The van der Waals surface area contributed by atoms with Gasteiger partial charge in [0.05, 0.1) is 29.3 Å². The fraction of sp³-hybridized carbons (Fsp3) is 0.512. The summed E-state index contributed by atoms with van der Waals surface area (Å²) in [4.78, 5) is 46.0. The van der Waals surface area contributed by atoms with Gasteiger partial charge in [-0.2, -0.15) is 0 Å². The summed E-state index contributed by atoms with van der Waals surface area (Å²) in [5, 5.41) is 0. The van der Waals surface area contributed by atoms with Gasteiger partial charge in [0.15, 0.2) is 0 Å². The van der Waals surface area contributed by atoms with E-state index in [4.69, 9.17) is 14.5 Å². The fourth-order valence-electron chi connectivity index (χ4n) is 8.38. The van der Waals surface area contributed by atoms with E-state index in [0.717, 1.165) is 71.6 Å². The standard InChI is InChI=1S/C41H48N6O4/c1-40(2,3)50-38(48)46-19-7-9-33(46)36-42-23-27(43-36)15-11-24-12-16-28(30-21-25-13-17-29(25)35(24)30)26-14-18-31-32(22-26)45-37(44-31)34-10-8-20-47(34)39(49)51-41(4,5)6/h12,14,16,18,22-23,25,29,33-34H,7-10,13,17,19-21H2,1-6H3,(H,42,43)(H,44,45)/t25?,29?,33-,34-/m0/s1. The number of likely N-dealkylation sites (tertiary alicyclic amines) is 2. The number of aromatic amines is 2. The monoisotopic (exact) mass is 688 g/mol. The Morgan fingerprint density at radius 2 is 1.51 bits per heavy atom. The largest absolute Gasteiger partial charge is 0.444 e. The molecule has 2 amide bonds. The molecule has 3 fully saturated rings. The van der Waals surface area contributed by atoms with Gasteiger partial charge in [0, 0.05) is 18.7 Å². The van der Waals surface area contributed by atoms with Crippen molar-refractivity contribution in [2.75, 3.05) is 13.1 Å². The van der Waals surface area contributed by atoms with E-state index in [-0.39, 0.29) is 24.3 Å². The van der Waals surface area contributed by atoms with Crippen molar-refractivity contribution in [2.45, 2.75) is 116 Å². The van der Waals surface area contributed by atoms with E-state index in [0.29, 0.717) is 24.9 Å². The van der Waals surface area contributed by atoms with Crippen molar-refractivity contribution in [1.29, 1.82) is 0 Å². The van der Waals surface area contributed by atoms with Crippen LogP contribution in [0.3, 0.4) is 0 Å². The van der Waals surface area contributed by atoms with Gasteiger partial charge in [0.2, 0.25) is 0 Å². The second-order valence-corrected chi connectivity index (χ2v) is 16.7. The van der Waals surface area contributed by atoms with E-state index < -0.39 is 11.2 Å². The van der Waals surface area contributed by atoms with Crippen LogP contribution in [0.5, 0.6) is 0 Å². The minimum absolute atomic E-state index is 0.124. The van der Waals surface area contributed by atoms with E-state index in [1.165, 1.54) is 29.5 Å². The number of fused-ring (bicyclic) bond motifs is 4. The van der Waals surface area contributed by atoms with Gasteiger partial charge in [-0.15, -0.1) is 0 Å². The van der Waals surface area contributed by atoms with Gasteiger partial charge in [-0.1, -0.05) is 18.1 Å². The van der Waals surface area contributed by atoms with Gasteiger partial charge in [-0.05, 0) is 145 Å². The summed E-state index contributed by atoms with van der Waals surface area (Å²) < 4.78 is 11.4. The zero-order valence-corrected chi connectivity index (χ0v) is 30.6. The van der Waals surface area contributed by atoms with Gasteiger partial charge >= 0.3 is 12.2 Å². The molecule has 4 aromatic rings. The highest BCUT2D eigenvalue weighted by molar-refractivity contribution is 5.84. The first-order valence-electron chi connectivity index (χ1n) is 18.5. The Hall–Kier alpha value is -4.78. The number of hydrogen-bond donors (Lipinski definition) is 2. The molecule has 4 atom stereocenters. The number of nitrogens with one attached hydrogen (secondary N) is 2. The van der Waals surface area contributed by atoms with Crippen LogP contribution in [-0.2, 0) is 15.9 Å². The lowest BCUT2D eigenvalue weighted by atomic mass is 9.73. The zero-order valence-electron chi connectivity index (χ0n) is 30.6. The number of aromatic nitrogens is 4. The third-order valence-electron chi connectivity index (χ3n) is 10.7. The number of carbonyl (C=O) groups is 2. The molecular formula is C41H48N6O4. The zero-order chi connectivity index (χ0) is 35.7. The third-order valence-corrected chi connectivity index (χ3v) is 10.7. The average molecular weight is 689 g/mol. The van der Waals surface area contributed by atoms with Gasteiger partial charge in [0.25, 0.3) is 0 Å². The van der Waals surface area contributed by atoms with Gasteiger partial charge in [-0.25, -0.2) is 19.6 Å². The van der Waals surface area contributed by atoms with Crippen LogP contribution in [0, 0.1) is 17.8 Å². The lowest BCUT2D eigenvalue weighted by Crippen LogP contribution is -2.36. The summed E-state index contributed by atoms with van der Waals surface area (Å²) in [6, 6.07) is 10.6. The van der Waals surface area contributed by atoms with Crippen LogP contribution >= 0.6 is 0 Å². The first-order valence-corrected chi connectivity index (χ1v) is 18.5. The molecule has 266 valence electrons. The normalized spacial score (nSPS) is 22.7. The smallest absolute Gasteiger partial charge is 0.410 e. The van der Waals surface area contributed by atoms with Crippen molar-refractivity contribution < 1.29 is 19.1 Å². The Kier molecular flexibility index (Phi) is 8.16. The summed E-state index contributed by atoms with van der Waals surface area (Å²) >= 11 is 0. The highest BCUT2D eigenvalue weighted by Gasteiger charge is 2.42. The molecule has 10 nitrogen and oxygen atoms in total. The van der Waals surface area contributed by atoms with E-state index >= 15 is 0 Å². The van der Waals surface area contributed by atoms with E-state index in [9.17, 15) is 9.59 Å². The Morgan fingerprint density at radius 1 is 0.824 bits per heavy atom. The highest BCUT2D eigenvalue weighted by atomic mass is 16.6. The summed E-state index contributed by atoms with van der Waals surface area (Å²) in [6.45, 7) is 12.7. The molecule has 2 aromatic carbocycles. The molecule has 1 saturated carbocycles. The van der Waals surface area contributed by atoms with E-state index in [1.54, 1.807) is 11.1 Å². The topological polar surface area (TPSA) is 116 Å². The Morgan fingerprint density at radius 3 is 2.16 bits per heavy atom. The van der Waals surface area contributed by atoms with Crippen LogP contribution in [0.25, 0.3) is 22.2 Å². The van der Waals surface area contributed by atoms with Crippen molar-refractivity contribution in [2.24, 2.45) is 5.92 Å². The molecule has 51 heavy (non-hydrogen) atoms. The quantitative estimate of drug-likeness (QED) is 0.209. The molecule has 2 aromatic heterocycles. The summed E-state index contributed by atoms with van der Waals surface area (Å²) in [7, 11) is 0. The number of carbonyl (C=O) groups excluding carboxylic acids is 2. The minimum Gasteiger partial charge on any atom is -0.444 e. The number of amides is 2. The number of imidazole rings is 2. The van der Waals surface area contributed by atoms with Gasteiger partial charge in [-0.3, -0.25) is 9.80 Å². The highest BCUT2D eigenvalue weighted by Crippen LogP contribution is 2.54. The van der Waals surface area contributed by atoms with Crippen LogP contribution in [-0.4, -0.2) is 66.2 Å². The Balaban J connectivity index is 1.05. The van der Waals surface area contributed by atoms with Crippen LogP contribution in [0.2, 0.25) is 0 Å². The maximum Gasteiger partial charge on any atom is 0.410 e. The summed E-state index contributed by atoms with van der Waals surface area (Å²) in [6.07, 6.45) is 8.25. The third kappa shape index (κ3) is 6.47. The molecule has 2 aliphatic heterocycles. The molecule has 2 N–H and O–H groups in total. The van der Waals surface area contributed by atoms with Crippen LogP contribution in [0.15, 0.2) is 36.5 Å². The molecule has 8 rings (SSSR count). The van der Waals surface area contributed by atoms with Gasteiger partial charge < -0.3 is 19.4 Å². The maximum absolute atomic E-state index is 13.0. The van der Waals surface area contributed by atoms with Crippen LogP contribution < -0.4 is 0 Å². The number of hydrogen-bond acceptors (Lipinski definition) is 6.